The standard InChI is InChI=1S/C15H10BrN3/c1-19(13-4-2-3-11(7-13)9-17)14-6-5-12(10-18)15(16)8-14/h2-8H,1H3. The van der Waals surface area contributed by atoms with Crippen molar-refractivity contribution in [2.24, 2.45) is 0 Å². The molecule has 0 spiro atoms. The maximum Gasteiger partial charge on any atom is 0.100 e. The summed E-state index contributed by atoms with van der Waals surface area (Å²) in [5.41, 5.74) is 3.09. The zero-order valence-electron chi connectivity index (χ0n) is 10.3. The molecule has 0 unspecified atom stereocenters. The van der Waals surface area contributed by atoms with Crippen LogP contribution in [0.25, 0.3) is 0 Å². The summed E-state index contributed by atoms with van der Waals surface area (Å²) in [6.07, 6.45) is 0. The molecule has 0 aromatic heterocycles. The summed E-state index contributed by atoms with van der Waals surface area (Å²) in [4.78, 5) is 1.97. The van der Waals surface area contributed by atoms with Gasteiger partial charge in [-0.05, 0) is 52.3 Å². The van der Waals surface area contributed by atoms with Gasteiger partial charge in [-0.2, -0.15) is 10.5 Å². The lowest BCUT2D eigenvalue weighted by Crippen LogP contribution is -2.09. The van der Waals surface area contributed by atoms with E-state index in [-0.39, 0.29) is 0 Å². The molecule has 0 N–H and O–H groups in total. The number of nitriles is 2. The topological polar surface area (TPSA) is 50.8 Å². The van der Waals surface area contributed by atoms with Gasteiger partial charge in [0.1, 0.15) is 6.07 Å². The Morgan fingerprint density at radius 3 is 2.37 bits per heavy atom. The Balaban J connectivity index is 2.39. The average Bonchev–Trinajstić information content (AvgIpc) is 2.46. The first kappa shape index (κ1) is 13.1. The van der Waals surface area contributed by atoms with Crippen molar-refractivity contribution in [3.63, 3.8) is 0 Å². The Morgan fingerprint density at radius 1 is 1.00 bits per heavy atom. The minimum atomic E-state index is 0.600. The molecular formula is C15H10BrN3. The van der Waals surface area contributed by atoms with Crippen molar-refractivity contribution >= 4 is 27.3 Å². The van der Waals surface area contributed by atoms with Crippen LogP contribution in [-0.2, 0) is 0 Å². The molecule has 4 heteroatoms. The Morgan fingerprint density at radius 2 is 1.74 bits per heavy atom. The molecule has 0 heterocycles. The summed E-state index contributed by atoms with van der Waals surface area (Å²) < 4.78 is 0.760. The summed E-state index contributed by atoms with van der Waals surface area (Å²) in [6.45, 7) is 0. The average molecular weight is 312 g/mol. The number of nitrogens with zero attached hydrogens (tertiary/aromatic N) is 3. The molecule has 2 rings (SSSR count). The summed E-state index contributed by atoms with van der Waals surface area (Å²) >= 11 is 3.37. The highest BCUT2D eigenvalue weighted by molar-refractivity contribution is 9.10. The van der Waals surface area contributed by atoms with Crippen LogP contribution in [0.5, 0.6) is 0 Å². The molecule has 0 atom stereocenters. The molecule has 19 heavy (non-hydrogen) atoms. The van der Waals surface area contributed by atoms with Crippen LogP contribution >= 0.6 is 15.9 Å². The van der Waals surface area contributed by atoms with E-state index in [0.29, 0.717) is 11.1 Å². The summed E-state index contributed by atoms with van der Waals surface area (Å²) in [7, 11) is 1.92. The van der Waals surface area contributed by atoms with Gasteiger partial charge in [0, 0.05) is 22.9 Å². The minimum absolute atomic E-state index is 0.600. The zero-order valence-corrected chi connectivity index (χ0v) is 11.8. The third kappa shape index (κ3) is 2.76. The molecule has 0 radical (unpaired) electrons. The van der Waals surface area contributed by atoms with Gasteiger partial charge in [0.05, 0.1) is 17.2 Å². The van der Waals surface area contributed by atoms with Crippen molar-refractivity contribution < 1.29 is 0 Å². The van der Waals surface area contributed by atoms with E-state index in [1.165, 1.54) is 0 Å². The van der Waals surface area contributed by atoms with Crippen molar-refractivity contribution in [1.82, 2.24) is 0 Å². The van der Waals surface area contributed by atoms with Gasteiger partial charge in [-0.3, -0.25) is 0 Å². The van der Waals surface area contributed by atoms with Crippen LogP contribution < -0.4 is 4.90 Å². The lowest BCUT2D eigenvalue weighted by molar-refractivity contribution is 1.20. The third-order valence-electron chi connectivity index (χ3n) is 2.82. The molecule has 0 saturated carbocycles. The fourth-order valence-electron chi connectivity index (χ4n) is 1.74. The number of benzene rings is 2. The molecule has 0 saturated heterocycles. The lowest BCUT2D eigenvalue weighted by Gasteiger charge is -2.20. The van der Waals surface area contributed by atoms with Crippen LogP contribution in [0, 0.1) is 22.7 Å². The predicted molar refractivity (Wildman–Crippen MR) is 78.1 cm³/mol. The van der Waals surface area contributed by atoms with Crippen molar-refractivity contribution in [3.8, 4) is 12.1 Å². The molecule has 0 bridgehead atoms. The van der Waals surface area contributed by atoms with Crippen LogP contribution in [0.15, 0.2) is 46.9 Å². The number of rotatable bonds is 2. The maximum absolute atomic E-state index is 8.91. The largest absolute Gasteiger partial charge is 0.345 e. The number of hydrogen-bond donors (Lipinski definition) is 0. The van der Waals surface area contributed by atoms with E-state index in [2.05, 4.69) is 28.1 Å². The first-order chi connectivity index (χ1) is 9.15. The second-order valence-electron chi connectivity index (χ2n) is 4.00. The monoisotopic (exact) mass is 311 g/mol. The first-order valence-corrected chi connectivity index (χ1v) is 6.38. The molecule has 0 aliphatic rings. The Kier molecular flexibility index (Phi) is 3.85. The fraction of sp³-hybridized carbons (Fsp3) is 0.0667. The number of anilines is 2. The van der Waals surface area contributed by atoms with Gasteiger partial charge < -0.3 is 4.90 Å². The van der Waals surface area contributed by atoms with Crippen molar-refractivity contribution in [1.29, 1.82) is 10.5 Å². The van der Waals surface area contributed by atoms with E-state index in [9.17, 15) is 0 Å². The van der Waals surface area contributed by atoms with Crippen molar-refractivity contribution in [2.75, 3.05) is 11.9 Å². The molecule has 0 fully saturated rings. The van der Waals surface area contributed by atoms with Crippen LogP contribution in [0.3, 0.4) is 0 Å². The number of hydrogen-bond acceptors (Lipinski definition) is 3. The molecular weight excluding hydrogens is 302 g/mol. The highest BCUT2D eigenvalue weighted by atomic mass is 79.9. The predicted octanol–water partition coefficient (Wildman–Crippen LogP) is 3.96. The molecule has 0 aliphatic carbocycles. The van der Waals surface area contributed by atoms with Gasteiger partial charge in [-0.1, -0.05) is 6.07 Å². The Hall–Kier alpha value is -2.30. The van der Waals surface area contributed by atoms with Gasteiger partial charge in [0.25, 0.3) is 0 Å². The van der Waals surface area contributed by atoms with E-state index >= 15 is 0 Å². The molecule has 92 valence electrons. The van der Waals surface area contributed by atoms with Crippen molar-refractivity contribution in [2.45, 2.75) is 0 Å². The lowest BCUT2D eigenvalue weighted by atomic mass is 10.1. The Bertz CT molecular complexity index is 695. The van der Waals surface area contributed by atoms with Gasteiger partial charge in [0.2, 0.25) is 0 Å². The van der Waals surface area contributed by atoms with E-state index < -0.39 is 0 Å². The van der Waals surface area contributed by atoms with Gasteiger partial charge in [0.15, 0.2) is 0 Å². The minimum Gasteiger partial charge on any atom is -0.345 e. The summed E-state index contributed by atoms with van der Waals surface area (Å²) in [5, 5.41) is 17.8. The second kappa shape index (κ2) is 5.56. The van der Waals surface area contributed by atoms with E-state index in [4.69, 9.17) is 10.5 Å². The molecule has 2 aromatic rings. The molecule has 3 nitrogen and oxygen atoms in total. The molecule has 0 amide bonds. The van der Waals surface area contributed by atoms with Crippen LogP contribution in [-0.4, -0.2) is 7.05 Å². The summed E-state index contributed by atoms with van der Waals surface area (Å²) in [5.74, 6) is 0. The van der Waals surface area contributed by atoms with E-state index in [1.807, 2.05) is 42.3 Å². The van der Waals surface area contributed by atoms with Gasteiger partial charge >= 0.3 is 0 Å². The van der Waals surface area contributed by atoms with Crippen LogP contribution in [0.2, 0.25) is 0 Å². The highest BCUT2D eigenvalue weighted by Crippen LogP contribution is 2.28. The van der Waals surface area contributed by atoms with Gasteiger partial charge in [-0.25, -0.2) is 0 Å². The van der Waals surface area contributed by atoms with E-state index in [0.717, 1.165) is 15.8 Å². The van der Waals surface area contributed by atoms with Crippen molar-refractivity contribution in [3.05, 3.63) is 58.1 Å². The first-order valence-electron chi connectivity index (χ1n) is 5.59. The molecule has 0 aliphatic heterocycles. The smallest absolute Gasteiger partial charge is 0.100 e. The summed E-state index contributed by atoms with van der Waals surface area (Å²) in [6, 6.07) is 17.2. The SMILES string of the molecule is CN(c1cccc(C#N)c1)c1ccc(C#N)c(Br)c1. The third-order valence-corrected chi connectivity index (χ3v) is 3.48. The normalized spacial score (nSPS) is 9.47. The fourth-order valence-corrected chi connectivity index (χ4v) is 2.19. The van der Waals surface area contributed by atoms with Gasteiger partial charge in [-0.15, -0.1) is 0 Å². The molecule has 2 aromatic carbocycles. The van der Waals surface area contributed by atoms with E-state index in [1.54, 1.807) is 12.1 Å². The second-order valence-corrected chi connectivity index (χ2v) is 4.85. The van der Waals surface area contributed by atoms with Crippen LogP contribution in [0.4, 0.5) is 11.4 Å². The van der Waals surface area contributed by atoms with Crippen LogP contribution in [0.1, 0.15) is 11.1 Å². The zero-order chi connectivity index (χ0) is 13.8. The Labute approximate surface area is 120 Å². The highest BCUT2D eigenvalue weighted by Gasteiger charge is 2.07. The maximum atomic E-state index is 8.91. The quantitative estimate of drug-likeness (QED) is 0.843. The number of halogens is 1.